The highest BCUT2D eigenvalue weighted by Crippen LogP contribution is 2.25. The van der Waals surface area contributed by atoms with Crippen LogP contribution in [0.2, 0.25) is 0 Å². The third kappa shape index (κ3) is 3.06. The maximum atomic E-state index is 11.9. The number of amides is 1. The Morgan fingerprint density at radius 1 is 1.22 bits per heavy atom. The molecule has 3 nitrogen and oxygen atoms in total. The van der Waals surface area contributed by atoms with Crippen LogP contribution in [0.15, 0.2) is 46.5 Å². The normalized spacial score (nSPS) is 18.9. The van der Waals surface area contributed by atoms with Crippen LogP contribution in [0, 0.1) is 0 Å². The summed E-state index contributed by atoms with van der Waals surface area (Å²) in [7, 11) is 0. The fourth-order valence-electron chi connectivity index (χ4n) is 1.64. The average molecular weight is 283 g/mol. The van der Waals surface area contributed by atoms with Crippen LogP contribution in [-0.4, -0.2) is 11.9 Å². The molecule has 1 unspecified atom stereocenters. The lowest BCUT2D eigenvalue weighted by Gasteiger charge is -2.17. The predicted molar refractivity (Wildman–Crippen MR) is 74.6 cm³/mol. The Morgan fingerprint density at radius 2 is 1.89 bits per heavy atom. The molecule has 0 aliphatic heterocycles. The Hall–Kier alpha value is -1.45. The Labute approximate surface area is 115 Å². The number of nitrogen functional groups attached to an aromatic ring is 1. The van der Waals surface area contributed by atoms with Crippen molar-refractivity contribution < 1.29 is 4.79 Å². The van der Waals surface area contributed by atoms with E-state index in [0.29, 0.717) is 27.7 Å². The quantitative estimate of drug-likeness (QED) is 0.820. The van der Waals surface area contributed by atoms with Gasteiger partial charge < -0.3 is 11.1 Å². The van der Waals surface area contributed by atoms with E-state index in [1.165, 1.54) is 0 Å². The molecule has 0 radical (unpaired) electrons. The molecule has 94 valence electrons. The van der Waals surface area contributed by atoms with E-state index in [4.69, 9.17) is 28.9 Å². The fraction of sp³-hybridized carbons (Fsp3) is 0.154. The first-order chi connectivity index (χ1) is 8.56. The van der Waals surface area contributed by atoms with Crippen molar-refractivity contribution in [2.75, 3.05) is 5.73 Å². The van der Waals surface area contributed by atoms with Gasteiger partial charge in [0, 0.05) is 11.3 Å². The van der Waals surface area contributed by atoms with Gasteiger partial charge in [0.1, 0.15) is 0 Å². The molecule has 1 aromatic rings. The van der Waals surface area contributed by atoms with Crippen molar-refractivity contribution in [3.8, 4) is 0 Å². The Balaban J connectivity index is 2.03. The topological polar surface area (TPSA) is 55.1 Å². The third-order valence-electron chi connectivity index (χ3n) is 2.62. The molecule has 0 fully saturated rings. The molecule has 0 aromatic heterocycles. The largest absolute Gasteiger partial charge is 0.399 e. The molecule has 1 aromatic carbocycles. The zero-order valence-corrected chi connectivity index (χ0v) is 11.0. The smallest absolute Gasteiger partial charge is 0.251 e. The summed E-state index contributed by atoms with van der Waals surface area (Å²) in [5.41, 5.74) is 6.75. The van der Waals surface area contributed by atoms with Crippen molar-refractivity contribution in [1.82, 2.24) is 5.32 Å². The number of benzene rings is 1. The van der Waals surface area contributed by atoms with Gasteiger partial charge in [-0.3, -0.25) is 4.79 Å². The fourth-order valence-corrected chi connectivity index (χ4v) is 2.02. The monoisotopic (exact) mass is 282 g/mol. The third-order valence-corrected chi connectivity index (χ3v) is 3.40. The lowest BCUT2D eigenvalue weighted by molar-refractivity contribution is 0.0944. The number of nitrogens with two attached hydrogens (primary N) is 1. The minimum Gasteiger partial charge on any atom is -0.399 e. The van der Waals surface area contributed by atoms with E-state index < -0.39 is 0 Å². The number of carbonyl (C=O) groups excluding carboxylic acids is 1. The van der Waals surface area contributed by atoms with Crippen LogP contribution in [-0.2, 0) is 0 Å². The Bertz CT molecular complexity index is 520. The highest BCUT2D eigenvalue weighted by molar-refractivity contribution is 6.44. The van der Waals surface area contributed by atoms with E-state index in [9.17, 15) is 4.79 Å². The van der Waals surface area contributed by atoms with Gasteiger partial charge in [-0.15, -0.1) is 0 Å². The van der Waals surface area contributed by atoms with Gasteiger partial charge in [-0.2, -0.15) is 0 Å². The second-order valence-corrected chi connectivity index (χ2v) is 4.82. The number of rotatable bonds is 2. The van der Waals surface area contributed by atoms with Crippen molar-refractivity contribution in [3.63, 3.8) is 0 Å². The highest BCUT2D eigenvalue weighted by Gasteiger charge is 2.16. The predicted octanol–water partition coefficient (Wildman–Crippen LogP) is 3.02. The molecular formula is C13H12Cl2N2O. The van der Waals surface area contributed by atoms with Crippen LogP contribution in [0.25, 0.3) is 0 Å². The summed E-state index contributed by atoms with van der Waals surface area (Å²) in [6.45, 7) is 0. The highest BCUT2D eigenvalue weighted by atomic mass is 35.5. The molecule has 0 saturated heterocycles. The molecule has 1 atom stereocenters. The van der Waals surface area contributed by atoms with Crippen LogP contribution in [0.3, 0.4) is 0 Å². The van der Waals surface area contributed by atoms with E-state index in [0.717, 1.165) is 0 Å². The van der Waals surface area contributed by atoms with Crippen molar-refractivity contribution >= 4 is 34.8 Å². The van der Waals surface area contributed by atoms with E-state index in [1.807, 2.05) is 0 Å². The first kappa shape index (κ1) is 13.0. The molecule has 1 aliphatic rings. The molecule has 3 N–H and O–H groups in total. The molecular weight excluding hydrogens is 271 g/mol. The molecule has 0 spiro atoms. The summed E-state index contributed by atoms with van der Waals surface area (Å²) in [6, 6.07) is 6.61. The van der Waals surface area contributed by atoms with E-state index in [1.54, 1.807) is 36.4 Å². The minimum atomic E-state index is -0.160. The van der Waals surface area contributed by atoms with E-state index >= 15 is 0 Å². The van der Waals surface area contributed by atoms with Crippen molar-refractivity contribution in [2.45, 2.75) is 12.5 Å². The molecule has 1 aliphatic carbocycles. The molecule has 0 heterocycles. The van der Waals surface area contributed by atoms with Gasteiger partial charge >= 0.3 is 0 Å². The SMILES string of the molecule is Nc1ccc(C(=O)NC2C=C(Cl)C(Cl)=CC2)cc1. The number of carbonyl (C=O) groups is 1. The maximum Gasteiger partial charge on any atom is 0.251 e. The Kier molecular flexibility index (Phi) is 3.94. The van der Waals surface area contributed by atoms with Gasteiger partial charge in [0.05, 0.1) is 16.1 Å². The summed E-state index contributed by atoms with van der Waals surface area (Å²) < 4.78 is 0. The van der Waals surface area contributed by atoms with E-state index in [-0.39, 0.29) is 11.9 Å². The molecule has 18 heavy (non-hydrogen) atoms. The second-order valence-electron chi connectivity index (χ2n) is 4.00. The standard InChI is InChI=1S/C13H12Cl2N2O/c14-11-6-5-10(7-12(11)15)17-13(18)8-1-3-9(16)4-2-8/h1-4,6-7,10H,5,16H2,(H,17,18). The molecule has 0 bridgehead atoms. The minimum absolute atomic E-state index is 0.134. The first-order valence-electron chi connectivity index (χ1n) is 5.46. The van der Waals surface area contributed by atoms with Gasteiger partial charge in [-0.1, -0.05) is 29.3 Å². The van der Waals surface area contributed by atoms with Crippen LogP contribution in [0.5, 0.6) is 0 Å². The number of halogens is 2. The van der Waals surface area contributed by atoms with Crippen LogP contribution in [0.4, 0.5) is 5.69 Å². The molecule has 5 heteroatoms. The number of hydrogen-bond donors (Lipinski definition) is 2. The summed E-state index contributed by atoms with van der Waals surface area (Å²) in [4.78, 5) is 11.9. The number of hydrogen-bond acceptors (Lipinski definition) is 2. The lowest BCUT2D eigenvalue weighted by atomic mass is 10.1. The number of nitrogens with one attached hydrogen (secondary N) is 1. The summed E-state index contributed by atoms with van der Waals surface area (Å²) in [6.07, 6.45) is 4.16. The zero-order chi connectivity index (χ0) is 13.1. The number of allylic oxidation sites excluding steroid dienone is 2. The van der Waals surface area contributed by atoms with Gasteiger partial charge in [0.15, 0.2) is 0 Å². The van der Waals surface area contributed by atoms with Gasteiger partial charge in [-0.05, 0) is 36.8 Å². The maximum absolute atomic E-state index is 11.9. The van der Waals surface area contributed by atoms with Crippen LogP contribution < -0.4 is 11.1 Å². The van der Waals surface area contributed by atoms with Crippen LogP contribution >= 0.6 is 23.2 Å². The number of anilines is 1. The lowest BCUT2D eigenvalue weighted by Crippen LogP contribution is -2.34. The van der Waals surface area contributed by atoms with Gasteiger partial charge in [0.2, 0.25) is 0 Å². The zero-order valence-electron chi connectivity index (χ0n) is 9.49. The average Bonchev–Trinajstić information content (AvgIpc) is 2.34. The van der Waals surface area contributed by atoms with Crippen molar-refractivity contribution in [2.24, 2.45) is 0 Å². The van der Waals surface area contributed by atoms with Crippen LogP contribution in [0.1, 0.15) is 16.8 Å². The summed E-state index contributed by atoms with van der Waals surface area (Å²) in [5.74, 6) is -0.160. The molecule has 1 amide bonds. The molecule has 0 saturated carbocycles. The summed E-state index contributed by atoms with van der Waals surface area (Å²) >= 11 is 11.7. The molecule has 2 rings (SSSR count). The second kappa shape index (κ2) is 5.46. The Morgan fingerprint density at radius 3 is 2.50 bits per heavy atom. The van der Waals surface area contributed by atoms with Crippen molar-refractivity contribution in [3.05, 3.63) is 52.0 Å². The van der Waals surface area contributed by atoms with E-state index in [2.05, 4.69) is 5.32 Å². The van der Waals surface area contributed by atoms with Gasteiger partial charge in [-0.25, -0.2) is 0 Å². The van der Waals surface area contributed by atoms with Crippen molar-refractivity contribution in [1.29, 1.82) is 0 Å². The van der Waals surface area contributed by atoms with Gasteiger partial charge in [0.25, 0.3) is 5.91 Å². The first-order valence-corrected chi connectivity index (χ1v) is 6.21. The summed E-state index contributed by atoms with van der Waals surface area (Å²) in [5, 5.41) is 3.85.